The molecule has 2 aromatic rings. The lowest BCUT2D eigenvalue weighted by Crippen LogP contribution is -2.22. The predicted molar refractivity (Wildman–Crippen MR) is 81.8 cm³/mol. The first kappa shape index (κ1) is 14.9. The van der Waals surface area contributed by atoms with Crippen molar-refractivity contribution in [1.29, 1.82) is 0 Å². The molecule has 2 rings (SSSR count). The highest BCUT2D eigenvalue weighted by atomic mass is 16.5. The maximum absolute atomic E-state index is 12.2. The topological polar surface area (TPSA) is 47.6 Å². The number of carbonyl (C=O) groups excluding carboxylic acids is 1. The molecule has 0 saturated carbocycles. The highest BCUT2D eigenvalue weighted by molar-refractivity contribution is 5.94. The molecule has 0 aliphatic heterocycles. The van der Waals surface area contributed by atoms with Gasteiger partial charge in [0.15, 0.2) is 11.5 Å². The summed E-state index contributed by atoms with van der Waals surface area (Å²) in [7, 11) is 1.58. The maximum atomic E-state index is 12.2. The van der Waals surface area contributed by atoms with Gasteiger partial charge in [-0.25, -0.2) is 0 Å². The Morgan fingerprint density at radius 2 is 1.86 bits per heavy atom. The number of benzene rings is 2. The molecule has 1 amide bonds. The first-order valence-corrected chi connectivity index (χ1v) is 6.87. The Kier molecular flexibility index (Phi) is 5.21. The van der Waals surface area contributed by atoms with Crippen LogP contribution < -0.4 is 14.8 Å². The van der Waals surface area contributed by atoms with Crippen molar-refractivity contribution in [1.82, 2.24) is 5.32 Å². The van der Waals surface area contributed by atoms with Crippen molar-refractivity contribution in [2.24, 2.45) is 0 Å². The van der Waals surface area contributed by atoms with Crippen LogP contribution in [0.4, 0.5) is 0 Å². The maximum Gasteiger partial charge on any atom is 0.251 e. The van der Waals surface area contributed by atoms with Crippen molar-refractivity contribution in [2.45, 2.75) is 13.5 Å². The fraction of sp³-hybridized carbons (Fsp3) is 0.235. The molecule has 4 nitrogen and oxygen atoms in total. The second-order valence-electron chi connectivity index (χ2n) is 4.47. The molecule has 0 unspecified atom stereocenters. The molecule has 1 N–H and O–H groups in total. The lowest BCUT2D eigenvalue weighted by Gasteiger charge is -2.11. The van der Waals surface area contributed by atoms with E-state index in [2.05, 4.69) is 5.32 Å². The van der Waals surface area contributed by atoms with Gasteiger partial charge in [-0.05, 0) is 30.7 Å². The zero-order valence-electron chi connectivity index (χ0n) is 12.3. The van der Waals surface area contributed by atoms with E-state index in [4.69, 9.17) is 9.47 Å². The smallest absolute Gasteiger partial charge is 0.251 e. The van der Waals surface area contributed by atoms with Crippen LogP contribution in [0.5, 0.6) is 11.5 Å². The van der Waals surface area contributed by atoms with Crippen molar-refractivity contribution in [2.75, 3.05) is 13.7 Å². The number of nitrogens with one attached hydrogen (secondary N) is 1. The molecule has 0 heterocycles. The molecular weight excluding hydrogens is 266 g/mol. The summed E-state index contributed by atoms with van der Waals surface area (Å²) in [5.74, 6) is 1.06. The van der Waals surface area contributed by atoms with Crippen LogP contribution in [-0.4, -0.2) is 19.6 Å². The highest BCUT2D eigenvalue weighted by Gasteiger charge is 2.10. The van der Waals surface area contributed by atoms with E-state index in [1.807, 2.05) is 37.3 Å². The third-order valence-electron chi connectivity index (χ3n) is 3.02. The Morgan fingerprint density at radius 1 is 1.10 bits per heavy atom. The molecule has 0 spiro atoms. The minimum atomic E-state index is -0.137. The van der Waals surface area contributed by atoms with Crippen molar-refractivity contribution in [3.63, 3.8) is 0 Å². The van der Waals surface area contributed by atoms with Crippen molar-refractivity contribution in [3.8, 4) is 11.5 Å². The molecule has 0 radical (unpaired) electrons. The van der Waals surface area contributed by atoms with Gasteiger partial charge >= 0.3 is 0 Å². The van der Waals surface area contributed by atoms with Crippen molar-refractivity contribution < 1.29 is 14.3 Å². The summed E-state index contributed by atoms with van der Waals surface area (Å²) in [6.07, 6.45) is 0. The van der Waals surface area contributed by atoms with Gasteiger partial charge in [0.1, 0.15) is 0 Å². The van der Waals surface area contributed by atoms with Crippen molar-refractivity contribution >= 4 is 5.91 Å². The van der Waals surface area contributed by atoms with Crippen LogP contribution in [-0.2, 0) is 6.54 Å². The molecule has 0 atom stereocenters. The fourth-order valence-electron chi connectivity index (χ4n) is 1.97. The Bertz CT molecular complexity index is 596. The summed E-state index contributed by atoms with van der Waals surface area (Å²) in [6, 6.07) is 14.9. The molecule has 0 bridgehead atoms. The number of rotatable bonds is 6. The molecule has 110 valence electrons. The number of carbonyl (C=O) groups is 1. The van der Waals surface area contributed by atoms with E-state index in [9.17, 15) is 4.79 Å². The zero-order valence-corrected chi connectivity index (χ0v) is 12.3. The molecule has 0 aliphatic carbocycles. The minimum absolute atomic E-state index is 0.137. The Morgan fingerprint density at radius 3 is 2.52 bits per heavy atom. The number of amides is 1. The van der Waals surface area contributed by atoms with E-state index in [1.54, 1.807) is 25.3 Å². The van der Waals surface area contributed by atoms with Crippen LogP contribution in [0.25, 0.3) is 0 Å². The Hall–Kier alpha value is -2.49. The summed E-state index contributed by atoms with van der Waals surface area (Å²) in [5.41, 5.74) is 1.61. The Balaban J connectivity index is 2.06. The van der Waals surface area contributed by atoms with E-state index in [0.29, 0.717) is 30.2 Å². The van der Waals surface area contributed by atoms with Gasteiger partial charge in [0, 0.05) is 12.1 Å². The van der Waals surface area contributed by atoms with E-state index in [0.717, 1.165) is 5.56 Å². The fourth-order valence-corrected chi connectivity index (χ4v) is 1.97. The Labute approximate surface area is 124 Å². The van der Waals surface area contributed by atoms with Gasteiger partial charge in [0.05, 0.1) is 13.7 Å². The standard InChI is InChI=1S/C17H19NO3/c1-3-21-16-11-14(9-10-15(16)20-2)17(19)18-12-13-7-5-4-6-8-13/h4-11H,3,12H2,1-2H3,(H,18,19). The average molecular weight is 285 g/mol. The number of methoxy groups -OCH3 is 1. The summed E-state index contributed by atoms with van der Waals surface area (Å²) >= 11 is 0. The van der Waals surface area contributed by atoms with E-state index >= 15 is 0 Å². The normalized spacial score (nSPS) is 10.0. The summed E-state index contributed by atoms with van der Waals surface area (Å²) in [5, 5.41) is 2.89. The van der Waals surface area contributed by atoms with Crippen LogP contribution in [0.15, 0.2) is 48.5 Å². The zero-order chi connectivity index (χ0) is 15.1. The van der Waals surface area contributed by atoms with Gasteiger partial charge in [-0.3, -0.25) is 4.79 Å². The SMILES string of the molecule is CCOc1cc(C(=O)NCc2ccccc2)ccc1OC. The second-order valence-corrected chi connectivity index (χ2v) is 4.47. The average Bonchev–Trinajstić information content (AvgIpc) is 2.54. The predicted octanol–water partition coefficient (Wildman–Crippen LogP) is 3.02. The molecule has 2 aromatic carbocycles. The molecule has 0 aliphatic rings. The summed E-state index contributed by atoms with van der Waals surface area (Å²) in [6.45, 7) is 2.91. The van der Waals surface area contributed by atoms with Crippen LogP contribution in [0.3, 0.4) is 0 Å². The van der Waals surface area contributed by atoms with Crippen molar-refractivity contribution in [3.05, 3.63) is 59.7 Å². The second kappa shape index (κ2) is 7.33. The summed E-state index contributed by atoms with van der Waals surface area (Å²) in [4.78, 5) is 12.2. The lowest BCUT2D eigenvalue weighted by atomic mass is 10.1. The third kappa shape index (κ3) is 3.99. The van der Waals surface area contributed by atoms with Gasteiger partial charge in [-0.1, -0.05) is 30.3 Å². The third-order valence-corrected chi connectivity index (χ3v) is 3.02. The van der Waals surface area contributed by atoms with Gasteiger partial charge in [-0.2, -0.15) is 0 Å². The van der Waals surface area contributed by atoms with E-state index in [1.165, 1.54) is 0 Å². The quantitative estimate of drug-likeness (QED) is 0.887. The monoisotopic (exact) mass is 285 g/mol. The van der Waals surface area contributed by atoms with E-state index in [-0.39, 0.29) is 5.91 Å². The van der Waals surface area contributed by atoms with Gasteiger partial charge in [0.2, 0.25) is 0 Å². The van der Waals surface area contributed by atoms with Crippen LogP contribution in [0.2, 0.25) is 0 Å². The van der Waals surface area contributed by atoms with E-state index < -0.39 is 0 Å². The number of hydrogen-bond donors (Lipinski definition) is 1. The highest BCUT2D eigenvalue weighted by Crippen LogP contribution is 2.28. The first-order chi connectivity index (χ1) is 10.2. The first-order valence-electron chi connectivity index (χ1n) is 6.87. The van der Waals surface area contributed by atoms with Crippen LogP contribution in [0.1, 0.15) is 22.8 Å². The minimum Gasteiger partial charge on any atom is -0.493 e. The molecule has 0 saturated heterocycles. The van der Waals surface area contributed by atoms with Gasteiger partial charge < -0.3 is 14.8 Å². The molecule has 0 aromatic heterocycles. The van der Waals surface area contributed by atoms with Gasteiger partial charge in [0.25, 0.3) is 5.91 Å². The van der Waals surface area contributed by atoms with Crippen LogP contribution in [0, 0.1) is 0 Å². The van der Waals surface area contributed by atoms with Gasteiger partial charge in [-0.15, -0.1) is 0 Å². The molecular formula is C17H19NO3. The molecule has 4 heteroatoms. The molecule has 0 fully saturated rings. The number of hydrogen-bond acceptors (Lipinski definition) is 3. The van der Waals surface area contributed by atoms with Crippen LogP contribution >= 0.6 is 0 Å². The lowest BCUT2D eigenvalue weighted by molar-refractivity contribution is 0.0950. The summed E-state index contributed by atoms with van der Waals surface area (Å²) < 4.78 is 10.7. The largest absolute Gasteiger partial charge is 0.493 e. The molecule has 21 heavy (non-hydrogen) atoms. The number of ether oxygens (including phenoxy) is 2.